The molecule has 0 spiro atoms. The molecule has 1 aromatic heterocycles. The van der Waals surface area contributed by atoms with Crippen LogP contribution in [0.5, 0.6) is 0 Å². The summed E-state index contributed by atoms with van der Waals surface area (Å²) in [5.41, 5.74) is 12.2. The lowest BCUT2D eigenvalue weighted by Gasteiger charge is -2.26. The van der Waals surface area contributed by atoms with Crippen LogP contribution in [0.3, 0.4) is 0 Å². The maximum absolute atomic E-state index is 6.49. The molecular weight excluding hydrogens is 583 g/mol. The Kier molecular flexibility index (Phi) is 6.84. The van der Waals surface area contributed by atoms with Crippen molar-refractivity contribution in [1.82, 2.24) is 0 Å². The molecule has 0 N–H and O–H groups in total. The SMILES string of the molecule is c1ccc(-c2ccc(N(c3ccccc3)c3ccc(-c4cccc5ccc6oc7cc(-c8ccccc8)ccc7c6c45)cc3)cc2)cc1. The molecule has 0 aliphatic carbocycles. The van der Waals surface area contributed by atoms with Crippen molar-refractivity contribution in [3.8, 4) is 33.4 Å². The molecule has 0 aliphatic rings. The van der Waals surface area contributed by atoms with E-state index >= 15 is 0 Å². The molecule has 1 heterocycles. The Morgan fingerprint density at radius 3 is 1.54 bits per heavy atom. The van der Waals surface area contributed by atoms with Crippen LogP contribution in [0, 0.1) is 0 Å². The quantitative estimate of drug-likeness (QED) is 0.185. The third-order valence-electron chi connectivity index (χ3n) is 9.27. The van der Waals surface area contributed by atoms with E-state index in [9.17, 15) is 0 Å². The molecule has 0 bridgehead atoms. The van der Waals surface area contributed by atoms with Crippen LogP contribution >= 0.6 is 0 Å². The van der Waals surface area contributed by atoms with Crippen LogP contribution < -0.4 is 4.90 Å². The molecule has 0 aliphatic heterocycles. The molecule has 8 aromatic carbocycles. The Bertz CT molecular complexity index is 2520. The first-order valence-electron chi connectivity index (χ1n) is 16.3. The molecule has 9 aromatic rings. The van der Waals surface area contributed by atoms with E-state index in [4.69, 9.17) is 4.42 Å². The Balaban J connectivity index is 1.14. The van der Waals surface area contributed by atoms with Crippen molar-refractivity contribution in [3.63, 3.8) is 0 Å². The molecule has 0 amide bonds. The Hall–Kier alpha value is -6.38. The molecular formula is C46H31NO. The number of benzene rings is 8. The number of para-hydroxylation sites is 1. The zero-order chi connectivity index (χ0) is 31.9. The van der Waals surface area contributed by atoms with Gasteiger partial charge in [-0.1, -0.05) is 133 Å². The first-order chi connectivity index (χ1) is 23.8. The molecule has 9 rings (SSSR count). The molecule has 0 saturated carbocycles. The highest BCUT2D eigenvalue weighted by Gasteiger charge is 2.17. The van der Waals surface area contributed by atoms with E-state index in [-0.39, 0.29) is 0 Å². The summed E-state index contributed by atoms with van der Waals surface area (Å²) in [6.07, 6.45) is 0. The van der Waals surface area contributed by atoms with Crippen LogP contribution in [0.25, 0.3) is 66.1 Å². The Morgan fingerprint density at radius 1 is 0.333 bits per heavy atom. The minimum absolute atomic E-state index is 0.904. The lowest BCUT2D eigenvalue weighted by Crippen LogP contribution is -2.09. The van der Waals surface area contributed by atoms with Gasteiger partial charge in [0.2, 0.25) is 0 Å². The predicted molar refractivity (Wildman–Crippen MR) is 202 cm³/mol. The molecule has 0 radical (unpaired) electrons. The van der Waals surface area contributed by atoms with Gasteiger partial charge in [-0.3, -0.25) is 0 Å². The van der Waals surface area contributed by atoms with Gasteiger partial charge in [0.1, 0.15) is 11.2 Å². The first-order valence-corrected chi connectivity index (χ1v) is 16.3. The smallest absolute Gasteiger partial charge is 0.136 e. The van der Waals surface area contributed by atoms with Gasteiger partial charge in [-0.2, -0.15) is 0 Å². The third kappa shape index (κ3) is 4.92. The number of hydrogen-bond donors (Lipinski definition) is 0. The zero-order valence-corrected chi connectivity index (χ0v) is 26.3. The maximum atomic E-state index is 6.49. The normalized spacial score (nSPS) is 11.3. The van der Waals surface area contributed by atoms with Crippen LogP contribution in [0.2, 0.25) is 0 Å². The Labute approximate surface area is 279 Å². The molecule has 226 valence electrons. The number of nitrogens with zero attached hydrogens (tertiary/aromatic N) is 1. The molecule has 0 atom stereocenters. The molecule has 2 heteroatoms. The summed E-state index contributed by atoms with van der Waals surface area (Å²) in [6.45, 7) is 0. The summed E-state index contributed by atoms with van der Waals surface area (Å²) in [4.78, 5) is 2.31. The van der Waals surface area contributed by atoms with Crippen LogP contribution in [0.4, 0.5) is 17.1 Å². The van der Waals surface area contributed by atoms with Gasteiger partial charge < -0.3 is 9.32 Å². The van der Waals surface area contributed by atoms with Crippen LogP contribution in [0.15, 0.2) is 192 Å². The summed E-state index contributed by atoms with van der Waals surface area (Å²) < 4.78 is 6.49. The van der Waals surface area contributed by atoms with E-state index in [0.717, 1.165) is 44.6 Å². The second-order valence-corrected chi connectivity index (χ2v) is 12.2. The van der Waals surface area contributed by atoms with Gasteiger partial charge in [0.05, 0.1) is 0 Å². The fraction of sp³-hybridized carbons (Fsp3) is 0. The topological polar surface area (TPSA) is 16.4 Å². The number of anilines is 3. The van der Waals surface area contributed by atoms with Crippen molar-refractivity contribution in [3.05, 3.63) is 188 Å². The van der Waals surface area contributed by atoms with Crippen molar-refractivity contribution in [1.29, 1.82) is 0 Å². The third-order valence-corrected chi connectivity index (χ3v) is 9.27. The van der Waals surface area contributed by atoms with Gasteiger partial charge in [-0.05, 0) is 93.4 Å². The molecule has 48 heavy (non-hydrogen) atoms. The van der Waals surface area contributed by atoms with Gasteiger partial charge in [0.25, 0.3) is 0 Å². The summed E-state index contributed by atoms with van der Waals surface area (Å²) in [7, 11) is 0. The van der Waals surface area contributed by atoms with Crippen LogP contribution in [-0.4, -0.2) is 0 Å². The van der Waals surface area contributed by atoms with Gasteiger partial charge in [-0.15, -0.1) is 0 Å². The number of fused-ring (bicyclic) bond motifs is 5. The first kappa shape index (κ1) is 27.9. The van der Waals surface area contributed by atoms with Crippen molar-refractivity contribution in [2.24, 2.45) is 0 Å². The van der Waals surface area contributed by atoms with Gasteiger partial charge in [-0.25, -0.2) is 0 Å². The summed E-state index contributed by atoms with van der Waals surface area (Å²) >= 11 is 0. The van der Waals surface area contributed by atoms with E-state index in [1.807, 2.05) is 6.07 Å². The Morgan fingerprint density at radius 2 is 0.875 bits per heavy atom. The van der Waals surface area contributed by atoms with E-state index < -0.39 is 0 Å². The minimum atomic E-state index is 0.904. The lowest BCUT2D eigenvalue weighted by molar-refractivity contribution is 0.669. The average Bonchev–Trinajstić information content (AvgIpc) is 3.55. The average molecular weight is 614 g/mol. The summed E-state index contributed by atoms with van der Waals surface area (Å²) in [5.74, 6) is 0. The van der Waals surface area contributed by atoms with Crippen LogP contribution in [-0.2, 0) is 0 Å². The van der Waals surface area contributed by atoms with Crippen molar-refractivity contribution >= 4 is 49.8 Å². The lowest BCUT2D eigenvalue weighted by atomic mass is 9.94. The highest BCUT2D eigenvalue weighted by atomic mass is 16.3. The van der Waals surface area contributed by atoms with Gasteiger partial charge in [0, 0.05) is 33.2 Å². The minimum Gasteiger partial charge on any atom is -0.456 e. The summed E-state index contributed by atoms with van der Waals surface area (Å²) in [6, 6.07) is 66.7. The van der Waals surface area contributed by atoms with Crippen molar-refractivity contribution in [2.75, 3.05) is 4.90 Å². The summed E-state index contributed by atoms with van der Waals surface area (Å²) in [5, 5.41) is 4.70. The van der Waals surface area contributed by atoms with Crippen LogP contribution in [0.1, 0.15) is 0 Å². The maximum Gasteiger partial charge on any atom is 0.136 e. The van der Waals surface area contributed by atoms with Crippen molar-refractivity contribution in [2.45, 2.75) is 0 Å². The monoisotopic (exact) mass is 613 g/mol. The number of furan rings is 1. The molecule has 0 fully saturated rings. The van der Waals surface area contributed by atoms with Crippen molar-refractivity contribution < 1.29 is 4.42 Å². The van der Waals surface area contributed by atoms with E-state index in [0.29, 0.717) is 0 Å². The molecule has 0 saturated heterocycles. The largest absolute Gasteiger partial charge is 0.456 e. The van der Waals surface area contributed by atoms with E-state index in [1.54, 1.807) is 0 Å². The van der Waals surface area contributed by atoms with E-state index in [2.05, 4.69) is 187 Å². The standard InChI is InChI=1S/C46H31NO/c1-4-11-32(12-5-1)34-19-25-39(26-20-34)47(38-16-8-3-9-17-38)40-27-21-35(22-28-40)41-18-10-15-36-24-30-43-46(45(36)41)42-29-23-37(31-44(42)48-43)33-13-6-2-7-14-33/h1-31H. The fourth-order valence-corrected chi connectivity index (χ4v) is 6.94. The van der Waals surface area contributed by atoms with Gasteiger partial charge >= 0.3 is 0 Å². The zero-order valence-electron chi connectivity index (χ0n) is 26.3. The highest BCUT2D eigenvalue weighted by molar-refractivity contribution is 6.23. The van der Waals surface area contributed by atoms with Gasteiger partial charge in [0.15, 0.2) is 0 Å². The number of rotatable bonds is 6. The molecule has 0 unspecified atom stereocenters. The second kappa shape index (κ2) is 11.8. The number of hydrogen-bond acceptors (Lipinski definition) is 2. The predicted octanol–water partition coefficient (Wildman–Crippen LogP) is 13.2. The highest BCUT2D eigenvalue weighted by Crippen LogP contribution is 2.42. The fourth-order valence-electron chi connectivity index (χ4n) is 6.94. The second-order valence-electron chi connectivity index (χ2n) is 12.2. The van der Waals surface area contributed by atoms with E-state index in [1.165, 1.54) is 38.6 Å². The molecule has 2 nitrogen and oxygen atoms in total.